The number of hydrogen-bond acceptors (Lipinski definition) is 5. The van der Waals surface area contributed by atoms with Crippen LogP contribution in [-0.4, -0.2) is 16.9 Å². The number of aromatic hydroxyl groups is 1. The van der Waals surface area contributed by atoms with E-state index in [2.05, 4.69) is 4.98 Å². The number of ether oxygens (including phenoxy) is 2. The number of phenolic OH excluding ortho intramolecular Hbond substituents is 1. The number of hydrogen-bond donors (Lipinski definition) is 1. The summed E-state index contributed by atoms with van der Waals surface area (Å²) in [6.45, 7) is 0.268. The molecule has 0 amide bonds. The van der Waals surface area contributed by atoms with E-state index in [1.807, 2.05) is 35.7 Å². The molecule has 1 N–H and O–H groups in total. The van der Waals surface area contributed by atoms with E-state index >= 15 is 0 Å². The molecule has 4 rings (SSSR count). The zero-order valence-electron chi connectivity index (χ0n) is 10.9. The van der Waals surface area contributed by atoms with Gasteiger partial charge in [0.05, 0.1) is 5.69 Å². The maximum absolute atomic E-state index is 9.55. The molecule has 0 saturated heterocycles. The van der Waals surface area contributed by atoms with Gasteiger partial charge in [-0.15, -0.1) is 11.3 Å². The van der Waals surface area contributed by atoms with Gasteiger partial charge in [-0.2, -0.15) is 0 Å². The van der Waals surface area contributed by atoms with E-state index in [-0.39, 0.29) is 12.5 Å². The molecule has 3 aromatic rings. The van der Waals surface area contributed by atoms with Gasteiger partial charge < -0.3 is 14.6 Å². The van der Waals surface area contributed by atoms with E-state index in [0.717, 1.165) is 33.3 Å². The summed E-state index contributed by atoms with van der Waals surface area (Å²) in [4.78, 5) is 4.63. The van der Waals surface area contributed by atoms with Crippen LogP contribution < -0.4 is 9.47 Å². The van der Waals surface area contributed by atoms with Crippen LogP contribution in [0.5, 0.6) is 17.2 Å². The number of fused-ring (bicyclic) bond motifs is 1. The van der Waals surface area contributed by atoms with Crippen molar-refractivity contribution < 1.29 is 14.6 Å². The molecule has 0 aliphatic carbocycles. The summed E-state index contributed by atoms with van der Waals surface area (Å²) in [6.07, 6.45) is 0. The zero-order chi connectivity index (χ0) is 14.2. The third kappa shape index (κ3) is 2.21. The Kier molecular flexibility index (Phi) is 2.79. The number of rotatable bonds is 2. The summed E-state index contributed by atoms with van der Waals surface area (Å²) < 4.78 is 10.7. The topological polar surface area (TPSA) is 51.6 Å². The SMILES string of the molecule is Oc1cccc(-c2nc(-c3ccc4c(c3)OCO4)cs2)c1. The summed E-state index contributed by atoms with van der Waals surface area (Å²) in [5, 5.41) is 12.4. The quantitative estimate of drug-likeness (QED) is 0.779. The Labute approximate surface area is 125 Å². The third-order valence-corrected chi connectivity index (χ3v) is 4.16. The molecule has 0 bridgehead atoms. The van der Waals surface area contributed by atoms with Crippen molar-refractivity contribution >= 4 is 11.3 Å². The van der Waals surface area contributed by atoms with Crippen molar-refractivity contribution in [2.75, 3.05) is 6.79 Å². The van der Waals surface area contributed by atoms with E-state index in [1.54, 1.807) is 23.5 Å². The van der Waals surface area contributed by atoms with Gasteiger partial charge in [0.15, 0.2) is 11.5 Å². The highest BCUT2D eigenvalue weighted by Crippen LogP contribution is 2.37. The predicted octanol–water partition coefficient (Wildman–Crippen LogP) is 3.91. The van der Waals surface area contributed by atoms with Gasteiger partial charge in [0, 0.05) is 16.5 Å². The van der Waals surface area contributed by atoms with Gasteiger partial charge in [0.1, 0.15) is 10.8 Å². The molecule has 21 heavy (non-hydrogen) atoms. The van der Waals surface area contributed by atoms with E-state index in [9.17, 15) is 5.11 Å². The monoisotopic (exact) mass is 297 g/mol. The fourth-order valence-electron chi connectivity index (χ4n) is 2.23. The van der Waals surface area contributed by atoms with Crippen molar-refractivity contribution in [1.82, 2.24) is 4.98 Å². The van der Waals surface area contributed by atoms with Gasteiger partial charge in [-0.25, -0.2) is 4.98 Å². The molecule has 2 heterocycles. The van der Waals surface area contributed by atoms with Crippen LogP contribution in [0.1, 0.15) is 0 Å². The first-order valence-corrected chi connectivity index (χ1v) is 7.32. The van der Waals surface area contributed by atoms with Crippen molar-refractivity contribution in [1.29, 1.82) is 0 Å². The molecule has 104 valence electrons. The Morgan fingerprint density at radius 3 is 2.81 bits per heavy atom. The molecule has 0 unspecified atom stereocenters. The molecule has 4 nitrogen and oxygen atoms in total. The lowest BCUT2D eigenvalue weighted by atomic mass is 10.1. The highest BCUT2D eigenvalue weighted by atomic mass is 32.1. The van der Waals surface area contributed by atoms with Crippen LogP contribution in [0.4, 0.5) is 0 Å². The number of thiazole rings is 1. The van der Waals surface area contributed by atoms with Gasteiger partial charge in [-0.1, -0.05) is 12.1 Å². The van der Waals surface area contributed by atoms with Gasteiger partial charge in [0.25, 0.3) is 0 Å². The fraction of sp³-hybridized carbons (Fsp3) is 0.0625. The standard InChI is InChI=1S/C16H11NO3S/c18-12-3-1-2-11(6-12)16-17-13(8-21-16)10-4-5-14-15(7-10)20-9-19-14/h1-8,18H,9H2. The van der Waals surface area contributed by atoms with E-state index in [0.29, 0.717) is 0 Å². The summed E-state index contributed by atoms with van der Waals surface area (Å²) in [7, 11) is 0. The fourth-order valence-corrected chi connectivity index (χ4v) is 3.06. The zero-order valence-corrected chi connectivity index (χ0v) is 11.8. The van der Waals surface area contributed by atoms with Crippen LogP contribution in [0.3, 0.4) is 0 Å². The van der Waals surface area contributed by atoms with E-state index in [1.165, 1.54) is 0 Å². The number of nitrogens with zero attached hydrogens (tertiary/aromatic N) is 1. The molecule has 1 aromatic heterocycles. The predicted molar refractivity (Wildman–Crippen MR) is 80.8 cm³/mol. The third-order valence-electron chi connectivity index (χ3n) is 3.27. The highest BCUT2D eigenvalue weighted by Gasteiger charge is 2.15. The van der Waals surface area contributed by atoms with Gasteiger partial charge in [0.2, 0.25) is 6.79 Å². The van der Waals surface area contributed by atoms with Crippen molar-refractivity contribution in [3.8, 4) is 39.1 Å². The smallest absolute Gasteiger partial charge is 0.231 e. The lowest BCUT2D eigenvalue weighted by molar-refractivity contribution is 0.174. The van der Waals surface area contributed by atoms with Crippen molar-refractivity contribution in [3.05, 3.63) is 47.8 Å². The van der Waals surface area contributed by atoms with E-state index < -0.39 is 0 Å². The first kappa shape index (κ1) is 12.2. The Morgan fingerprint density at radius 1 is 1.00 bits per heavy atom. The molecule has 0 saturated carbocycles. The van der Waals surface area contributed by atoms with Crippen LogP contribution in [0, 0.1) is 0 Å². The van der Waals surface area contributed by atoms with E-state index in [4.69, 9.17) is 9.47 Å². The van der Waals surface area contributed by atoms with Gasteiger partial charge in [-0.3, -0.25) is 0 Å². The number of phenols is 1. The second-order valence-corrected chi connectivity index (χ2v) is 5.51. The Hall–Kier alpha value is -2.53. The summed E-state index contributed by atoms with van der Waals surface area (Å²) in [5.41, 5.74) is 2.78. The molecule has 0 radical (unpaired) electrons. The maximum atomic E-state index is 9.55. The summed E-state index contributed by atoms with van der Waals surface area (Å²) in [5.74, 6) is 1.76. The van der Waals surface area contributed by atoms with Crippen LogP contribution in [-0.2, 0) is 0 Å². The van der Waals surface area contributed by atoms with Crippen LogP contribution in [0.2, 0.25) is 0 Å². The largest absolute Gasteiger partial charge is 0.508 e. The summed E-state index contributed by atoms with van der Waals surface area (Å²) >= 11 is 1.55. The summed E-state index contributed by atoms with van der Waals surface area (Å²) in [6, 6.07) is 12.9. The Balaban J connectivity index is 1.71. The average molecular weight is 297 g/mol. The highest BCUT2D eigenvalue weighted by molar-refractivity contribution is 7.13. The minimum Gasteiger partial charge on any atom is -0.508 e. The second kappa shape index (κ2) is 4.79. The normalized spacial score (nSPS) is 12.6. The second-order valence-electron chi connectivity index (χ2n) is 4.66. The average Bonchev–Trinajstić information content (AvgIpc) is 3.15. The molecule has 2 aromatic carbocycles. The molecule has 1 aliphatic heterocycles. The van der Waals surface area contributed by atoms with Crippen molar-refractivity contribution in [3.63, 3.8) is 0 Å². The molecule has 0 fully saturated rings. The lowest BCUT2D eigenvalue weighted by Gasteiger charge is -2.00. The molecule has 0 atom stereocenters. The van der Waals surface area contributed by atoms with Crippen molar-refractivity contribution in [2.45, 2.75) is 0 Å². The molecular weight excluding hydrogens is 286 g/mol. The van der Waals surface area contributed by atoms with Gasteiger partial charge >= 0.3 is 0 Å². The minimum absolute atomic E-state index is 0.243. The van der Waals surface area contributed by atoms with Crippen LogP contribution in [0.15, 0.2) is 47.8 Å². The molecule has 1 aliphatic rings. The van der Waals surface area contributed by atoms with Crippen LogP contribution in [0.25, 0.3) is 21.8 Å². The Bertz CT molecular complexity index is 813. The van der Waals surface area contributed by atoms with Crippen LogP contribution >= 0.6 is 11.3 Å². The molecular formula is C16H11NO3S. The molecule has 0 spiro atoms. The Morgan fingerprint density at radius 2 is 1.90 bits per heavy atom. The maximum Gasteiger partial charge on any atom is 0.231 e. The lowest BCUT2D eigenvalue weighted by Crippen LogP contribution is -1.92. The molecule has 5 heteroatoms. The first-order chi connectivity index (χ1) is 10.3. The van der Waals surface area contributed by atoms with Crippen molar-refractivity contribution in [2.24, 2.45) is 0 Å². The number of aromatic nitrogens is 1. The van der Waals surface area contributed by atoms with Gasteiger partial charge in [-0.05, 0) is 30.3 Å². The minimum atomic E-state index is 0.243. The first-order valence-electron chi connectivity index (χ1n) is 6.44. The number of benzene rings is 2.